The SMILES string of the molecule is CCC(C)CC(C)NC(=O)Nc1ccnn1C1CCS(=O)(=O)C1. The van der Waals surface area contributed by atoms with Crippen LogP contribution in [0.5, 0.6) is 0 Å². The van der Waals surface area contributed by atoms with Crippen molar-refractivity contribution < 1.29 is 13.2 Å². The lowest BCUT2D eigenvalue weighted by Crippen LogP contribution is -2.37. The van der Waals surface area contributed by atoms with Gasteiger partial charge in [-0.25, -0.2) is 17.9 Å². The summed E-state index contributed by atoms with van der Waals surface area (Å²) < 4.78 is 24.8. The van der Waals surface area contributed by atoms with Crippen LogP contribution in [-0.2, 0) is 9.84 Å². The lowest BCUT2D eigenvalue weighted by Gasteiger charge is -2.19. The summed E-state index contributed by atoms with van der Waals surface area (Å²) >= 11 is 0. The number of carbonyl (C=O) groups is 1. The maximum atomic E-state index is 12.1. The van der Waals surface area contributed by atoms with Gasteiger partial charge in [-0.15, -0.1) is 0 Å². The van der Waals surface area contributed by atoms with Gasteiger partial charge in [0.1, 0.15) is 5.82 Å². The van der Waals surface area contributed by atoms with Crippen molar-refractivity contribution in [2.45, 2.75) is 52.1 Å². The molecule has 7 nitrogen and oxygen atoms in total. The molecule has 23 heavy (non-hydrogen) atoms. The standard InChI is InChI=1S/C15H26N4O3S/c1-4-11(2)9-12(3)17-15(20)18-14-5-7-16-19(14)13-6-8-23(21,22)10-13/h5,7,11-13H,4,6,8-10H2,1-3H3,(H2,17,18,20). The third kappa shape index (κ3) is 4.95. The Morgan fingerprint density at radius 1 is 1.48 bits per heavy atom. The van der Waals surface area contributed by atoms with Gasteiger partial charge in [0.25, 0.3) is 0 Å². The van der Waals surface area contributed by atoms with Crippen LogP contribution in [0.4, 0.5) is 10.6 Å². The van der Waals surface area contributed by atoms with Gasteiger partial charge in [0.15, 0.2) is 9.84 Å². The van der Waals surface area contributed by atoms with E-state index in [2.05, 4.69) is 29.6 Å². The Kier molecular flexibility index (Phi) is 5.67. The second kappa shape index (κ2) is 7.33. The van der Waals surface area contributed by atoms with E-state index in [4.69, 9.17) is 0 Å². The summed E-state index contributed by atoms with van der Waals surface area (Å²) in [7, 11) is -2.99. The number of anilines is 1. The molecule has 2 N–H and O–H groups in total. The van der Waals surface area contributed by atoms with E-state index in [1.807, 2.05) is 6.92 Å². The Balaban J connectivity index is 1.94. The van der Waals surface area contributed by atoms with Crippen LogP contribution in [0.2, 0.25) is 0 Å². The topological polar surface area (TPSA) is 93.1 Å². The normalized spacial score (nSPS) is 22.5. The number of carbonyl (C=O) groups excluding carboxylic acids is 1. The molecule has 2 amide bonds. The van der Waals surface area contributed by atoms with Crippen molar-refractivity contribution >= 4 is 21.7 Å². The van der Waals surface area contributed by atoms with E-state index in [-0.39, 0.29) is 29.6 Å². The number of rotatable bonds is 6. The number of nitrogens with one attached hydrogen (secondary N) is 2. The van der Waals surface area contributed by atoms with Crippen molar-refractivity contribution in [3.05, 3.63) is 12.3 Å². The van der Waals surface area contributed by atoms with Crippen LogP contribution >= 0.6 is 0 Å². The van der Waals surface area contributed by atoms with Crippen LogP contribution in [0.1, 0.15) is 46.1 Å². The Hall–Kier alpha value is -1.57. The minimum atomic E-state index is -2.99. The van der Waals surface area contributed by atoms with Gasteiger partial charge in [0.05, 0.1) is 23.7 Å². The molecule has 3 unspecified atom stereocenters. The Morgan fingerprint density at radius 2 is 2.22 bits per heavy atom. The number of amides is 2. The summed E-state index contributed by atoms with van der Waals surface area (Å²) in [5, 5.41) is 9.85. The molecule has 0 spiro atoms. The molecule has 0 aromatic carbocycles. The summed E-state index contributed by atoms with van der Waals surface area (Å²) in [4.78, 5) is 12.1. The maximum Gasteiger partial charge on any atom is 0.320 e. The van der Waals surface area contributed by atoms with E-state index in [9.17, 15) is 13.2 Å². The van der Waals surface area contributed by atoms with E-state index < -0.39 is 9.84 Å². The molecular weight excluding hydrogens is 316 g/mol. The van der Waals surface area contributed by atoms with E-state index in [1.54, 1.807) is 16.9 Å². The highest BCUT2D eigenvalue weighted by Gasteiger charge is 2.31. The molecule has 1 fully saturated rings. The molecule has 3 atom stereocenters. The van der Waals surface area contributed by atoms with Gasteiger partial charge >= 0.3 is 6.03 Å². The molecule has 0 bridgehead atoms. The van der Waals surface area contributed by atoms with Crippen molar-refractivity contribution in [1.82, 2.24) is 15.1 Å². The summed E-state index contributed by atoms with van der Waals surface area (Å²) in [6.07, 6.45) is 4.11. The summed E-state index contributed by atoms with van der Waals surface area (Å²) in [6.45, 7) is 6.27. The quantitative estimate of drug-likeness (QED) is 0.829. The minimum absolute atomic E-state index is 0.0770. The zero-order chi connectivity index (χ0) is 17.0. The van der Waals surface area contributed by atoms with Gasteiger partial charge in [-0.2, -0.15) is 5.10 Å². The van der Waals surface area contributed by atoms with E-state index in [1.165, 1.54) is 0 Å². The molecule has 0 aliphatic carbocycles. The molecule has 8 heteroatoms. The average molecular weight is 342 g/mol. The second-order valence-electron chi connectivity index (χ2n) is 6.47. The number of hydrogen-bond acceptors (Lipinski definition) is 4. The highest BCUT2D eigenvalue weighted by atomic mass is 32.2. The van der Waals surface area contributed by atoms with Crippen LogP contribution in [-0.4, -0.2) is 41.8 Å². The molecule has 2 heterocycles. The summed E-state index contributed by atoms with van der Waals surface area (Å²) in [6, 6.07) is 1.27. The predicted molar refractivity (Wildman–Crippen MR) is 90.2 cm³/mol. The molecular formula is C15H26N4O3S. The number of sulfone groups is 1. The van der Waals surface area contributed by atoms with E-state index in [0.717, 1.165) is 12.8 Å². The fraction of sp³-hybridized carbons (Fsp3) is 0.733. The predicted octanol–water partition coefficient (Wildman–Crippen LogP) is 2.19. The van der Waals surface area contributed by atoms with Gasteiger partial charge in [-0.3, -0.25) is 5.32 Å². The highest BCUT2D eigenvalue weighted by Crippen LogP contribution is 2.26. The fourth-order valence-corrected chi connectivity index (χ4v) is 4.57. The molecule has 130 valence electrons. The minimum Gasteiger partial charge on any atom is -0.335 e. The zero-order valence-electron chi connectivity index (χ0n) is 13.9. The molecule has 1 saturated heterocycles. The molecule has 2 rings (SSSR count). The molecule has 0 saturated carbocycles. The Bertz CT molecular complexity index is 641. The number of urea groups is 1. The van der Waals surface area contributed by atoms with Gasteiger partial charge in [-0.1, -0.05) is 20.3 Å². The maximum absolute atomic E-state index is 12.1. The second-order valence-corrected chi connectivity index (χ2v) is 8.70. The van der Waals surface area contributed by atoms with Crippen LogP contribution in [0.25, 0.3) is 0 Å². The average Bonchev–Trinajstić information content (AvgIpc) is 3.04. The fourth-order valence-electron chi connectivity index (χ4n) is 2.88. The molecule has 1 aliphatic heterocycles. The first-order valence-electron chi connectivity index (χ1n) is 8.12. The lowest BCUT2D eigenvalue weighted by atomic mass is 10.0. The van der Waals surface area contributed by atoms with Crippen LogP contribution in [0.15, 0.2) is 12.3 Å². The number of hydrogen-bond donors (Lipinski definition) is 2. The van der Waals surface area contributed by atoms with Crippen molar-refractivity contribution in [3.8, 4) is 0 Å². The first-order valence-corrected chi connectivity index (χ1v) is 9.94. The van der Waals surface area contributed by atoms with Gasteiger partial charge in [-0.05, 0) is 25.7 Å². The smallest absolute Gasteiger partial charge is 0.320 e. The Labute approximate surface area is 137 Å². The van der Waals surface area contributed by atoms with Crippen LogP contribution < -0.4 is 10.6 Å². The van der Waals surface area contributed by atoms with Crippen LogP contribution in [0.3, 0.4) is 0 Å². The molecule has 1 aromatic rings. The Morgan fingerprint density at radius 3 is 2.83 bits per heavy atom. The zero-order valence-corrected chi connectivity index (χ0v) is 14.8. The first-order chi connectivity index (χ1) is 10.8. The number of nitrogens with zero attached hydrogens (tertiary/aromatic N) is 2. The van der Waals surface area contributed by atoms with Crippen molar-refractivity contribution in [2.24, 2.45) is 5.92 Å². The largest absolute Gasteiger partial charge is 0.335 e. The third-order valence-corrected chi connectivity index (χ3v) is 6.05. The molecule has 0 radical (unpaired) electrons. The van der Waals surface area contributed by atoms with Gasteiger partial charge < -0.3 is 5.32 Å². The van der Waals surface area contributed by atoms with E-state index >= 15 is 0 Å². The van der Waals surface area contributed by atoms with Crippen molar-refractivity contribution in [3.63, 3.8) is 0 Å². The van der Waals surface area contributed by atoms with Gasteiger partial charge in [0, 0.05) is 12.1 Å². The van der Waals surface area contributed by atoms with Crippen molar-refractivity contribution in [2.75, 3.05) is 16.8 Å². The van der Waals surface area contributed by atoms with Crippen molar-refractivity contribution in [1.29, 1.82) is 0 Å². The lowest BCUT2D eigenvalue weighted by molar-refractivity contribution is 0.247. The summed E-state index contributed by atoms with van der Waals surface area (Å²) in [5.74, 6) is 1.34. The molecule has 1 aromatic heterocycles. The highest BCUT2D eigenvalue weighted by molar-refractivity contribution is 7.91. The molecule has 1 aliphatic rings. The first kappa shape index (κ1) is 17.8. The van der Waals surface area contributed by atoms with Gasteiger partial charge in [0.2, 0.25) is 0 Å². The number of aromatic nitrogens is 2. The summed E-state index contributed by atoms with van der Waals surface area (Å²) in [5.41, 5.74) is 0. The monoisotopic (exact) mass is 342 g/mol. The van der Waals surface area contributed by atoms with E-state index in [0.29, 0.717) is 18.2 Å². The third-order valence-electron chi connectivity index (χ3n) is 4.30. The van der Waals surface area contributed by atoms with Crippen LogP contribution in [0, 0.1) is 5.92 Å².